The molecule has 0 saturated heterocycles. The topological polar surface area (TPSA) is 0 Å². The van der Waals surface area contributed by atoms with Crippen LogP contribution in [-0.4, -0.2) is 0 Å². The maximum atomic E-state index is 2.42. The van der Waals surface area contributed by atoms with Crippen LogP contribution in [0, 0.1) is 11.8 Å². The van der Waals surface area contributed by atoms with Gasteiger partial charge >= 0.3 is 0 Å². The molecule has 62 heavy (non-hydrogen) atoms. The molecule has 2 atom stereocenters. The Balaban J connectivity index is 1.000. The largest absolute Gasteiger partial charge is 0.139 e. The summed E-state index contributed by atoms with van der Waals surface area (Å²) < 4.78 is 0. The quantitative estimate of drug-likeness (QED) is 0.0361. The molecule has 0 amide bonds. The van der Waals surface area contributed by atoms with Gasteiger partial charge in [-0.05, 0) is 110 Å². The maximum absolute atomic E-state index is 2.42. The highest BCUT2D eigenvalue weighted by atomic mass is 32.1. The van der Waals surface area contributed by atoms with Gasteiger partial charge in [-0.3, -0.25) is 0 Å². The lowest BCUT2D eigenvalue weighted by molar-refractivity contribution is 0.383. The van der Waals surface area contributed by atoms with Crippen molar-refractivity contribution in [3.05, 3.63) is 82.6 Å². The first-order chi connectivity index (χ1) is 30.6. The Bertz CT molecular complexity index is 1910. The van der Waals surface area contributed by atoms with Gasteiger partial charge in [0.25, 0.3) is 0 Å². The zero-order chi connectivity index (χ0) is 43.2. The summed E-state index contributed by atoms with van der Waals surface area (Å²) in [7, 11) is 0. The predicted molar refractivity (Wildman–Crippen MR) is 289 cm³/mol. The Morgan fingerprint density at radius 1 is 0.258 bits per heavy atom. The van der Waals surface area contributed by atoms with Crippen molar-refractivity contribution in [2.75, 3.05) is 0 Å². The fourth-order valence-corrected chi connectivity index (χ4v) is 15.6. The third-order valence-corrected chi connectivity index (χ3v) is 20.5. The van der Waals surface area contributed by atoms with E-state index in [1.54, 1.807) is 9.75 Å². The Labute approximate surface area is 402 Å². The van der Waals surface area contributed by atoms with Crippen LogP contribution in [0.25, 0.3) is 48.8 Å². The summed E-state index contributed by atoms with van der Waals surface area (Å²) in [4.78, 5) is 17.2. The molecule has 0 aliphatic rings. The second-order valence-corrected chi connectivity index (χ2v) is 24.8. The van der Waals surface area contributed by atoms with E-state index in [0.29, 0.717) is 0 Å². The van der Waals surface area contributed by atoms with Crippen molar-refractivity contribution in [2.45, 2.75) is 195 Å². The summed E-state index contributed by atoms with van der Waals surface area (Å²) in [5, 5.41) is 0. The van der Waals surface area contributed by atoms with E-state index in [0.717, 1.165) is 11.8 Å². The van der Waals surface area contributed by atoms with Crippen LogP contribution in [0.2, 0.25) is 0 Å². The lowest BCUT2D eigenvalue weighted by Crippen LogP contribution is -2.03. The molecule has 6 aromatic rings. The number of unbranched alkanes of at least 4 members (excludes halogenated alkanes) is 14. The minimum absolute atomic E-state index is 0.898. The number of thiophene rings is 6. The maximum Gasteiger partial charge on any atom is 0.0449 e. The molecule has 0 aliphatic carbocycles. The van der Waals surface area contributed by atoms with E-state index in [1.165, 1.54) is 216 Å². The molecule has 0 aromatic carbocycles. The van der Waals surface area contributed by atoms with Gasteiger partial charge in [-0.1, -0.05) is 169 Å². The summed E-state index contributed by atoms with van der Waals surface area (Å²) in [6.45, 7) is 9.30. The molecule has 0 spiro atoms. The lowest BCUT2D eigenvalue weighted by Gasteiger charge is -2.16. The first-order valence-corrected chi connectivity index (χ1v) is 30.0. The Hall–Kier alpha value is -1.80. The molecule has 0 fully saturated rings. The molecule has 6 heteroatoms. The van der Waals surface area contributed by atoms with Gasteiger partial charge in [-0.2, -0.15) is 0 Å². The average Bonchev–Trinajstić information content (AvgIpc) is 4.14. The number of hydrogen-bond donors (Lipinski definition) is 0. The molecule has 6 rings (SSSR count). The van der Waals surface area contributed by atoms with E-state index < -0.39 is 0 Å². The molecule has 0 aliphatic heterocycles. The Morgan fingerprint density at radius 3 is 0.758 bits per heavy atom. The molecule has 0 bridgehead atoms. The van der Waals surface area contributed by atoms with Crippen molar-refractivity contribution in [3.63, 3.8) is 0 Å². The average molecular weight is 944 g/mol. The van der Waals surface area contributed by atoms with E-state index >= 15 is 0 Å². The summed E-state index contributed by atoms with van der Waals surface area (Å²) in [5.74, 6) is 1.80. The molecule has 0 saturated carbocycles. The van der Waals surface area contributed by atoms with Gasteiger partial charge in [0.15, 0.2) is 0 Å². The second-order valence-electron chi connectivity index (χ2n) is 18.1. The van der Waals surface area contributed by atoms with Crippen LogP contribution in [0.1, 0.15) is 192 Å². The van der Waals surface area contributed by atoms with Crippen molar-refractivity contribution in [2.24, 2.45) is 11.8 Å². The van der Waals surface area contributed by atoms with Crippen LogP contribution in [0.4, 0.5) is 0 Å². The minimum Gasteiger partial charge on any atom is -0.139 e. The van der Waals surface area contributed by atoms with E-state index in [1.807, 2.05) is 68.0 Å². The summed E-state index contributed by atoms with van der Waals surface area (Å²) >= 11 is 11.9. The van der Waals surface area contributed by atoms with Gasteiger partial charge < -0.3 is 0 Å². The van der Waals surface area contributed by atoms with Crippen molar-refractivity contribution < 1.29 is 0 Å². The molecular weight excluding hydrogens is 865 g/mol. The molecule has 0 nitrogen and oxygen atoms in total. The highest BCUT2D eigenvalue weighted by Gasteiger charge is 2.16. The third-order valence-electron chi connectivity index (χ3n) is 12.9. The molecule has 0 radical (unpaired) electrons. The zero-order valence-electron chi connectivity index (χ0n) is 38.9. The normalized spacial score (nSPS) is 12.8. The Morgan fingerprint density at radius 2 is 0.484 bits per heavy atom. The van der Waals surface area contributed by atoms with Gasteiger partial charge in [-0.25, -0.2) is 0 Å². The van der Waals surface area contributed by atoms with Gasteiger partial charge in [0, 0.05) is 58.5 Å². The van der Waals surface area contributed by atoms with E-state index in [2.05, 4.69) is 100 Å². The summed E-state index contributed by atoms with van der Waals surface area (Å²) in [6.07, 6.45) is 36.1. The fourth-order valence-electron chi connectivity index (χ4n) is 9.05. The van der Waals surface area contributed by atoms with Crippen LogP contribution >= 0.6 is 68.0 Å². The van der Waals surface area contributed by atoms with E-state index in [4.69, 9.17) is 0 Å². The molecule has 2 unspecified atom stereocenters. The first kappa shape index (κ1) is 49.6. The van der Waals surface area contributed by atoms with Crippen LogP contribution in [0.15, 0.2) is 72.8 Å². The van der Waals surface area contributed by atoms with E-state index in [-0.39, 0.29) is 0 Å². The minimum atomic E-state index is 0.898. The highest BCUT2D eigenvalue weighted by molar-refractivity contribution is 7.30. The van der Waals surface area contributed by atoms with E-state index in [9.17, 15) is 0 Å². The molecule has 0 N–H and O–H groups in total. The van der Waals surface area contributed by atoms with Gasteiger partial charge in [0.1, 0.15) is 0 Å². The zero-order valence-corrected chi connectivity index (χ0v) is 43.8. The molecular formula is C56H78S6. The SMILES string of the molecule is CCCCCCCC(CCCCCC)CCc1ccc(-c2ccc(-c3ccc(-c4ccc(-c5ccc(-c6ccc(CCC(CCCCCC)CCCCCCC)s6)s5)s4)s3)s2)s1. The standard InChI is InChI=1S/C56H78S6/c1-5-9-13-17-21-25-43(23-19-15-11-7-3)27-29-45-31-33-47(57-45)49-35-37-51(59-49)53-39-41-55(61-53)56-42-40-54(62-56)52-38-36-50(60-52)48-34-32-46(58-48)30-28-44(24-20-16-12-8-4)26-22-18-14-10-6-2/h31-44H,5-30H2,1-4H3. The molecule has 6 aromatic heterocycles. The second kappa shape index (κ2) is 28.3. The Kier molecular flexibility index (Phi) is 22.6. The van der Waals surface area contributed by atoms with Crippen LogP contribution in [0.3, 0.4) is 0 Å². The van der Waals surface area contributed by atoms with Crippen molar-refractivity contribution >= 4 is 68.0 Å². The van der Waals surface area contributed by atoms with Crippen LogP contribution in [-0.2, 0) is 12.8 Å². The van der Waals surface area contributed by atoms with Crippen LogP contribution < -0.4 is 0 Å². The first-order valence-electron chi connectivity index (χ1n) is 25.1. The van der Waals surface area contributed by atoms with Gasteiger partial charge in [0.05, 0.1) is 0 Å². The summed E-state index contributed by atoms with van der Waals surface area (Å²) in [6, 6.07) is 28.4. The number of aryl methyl sites for hydroxylation is 2. The fraction of sp³-hybridized carbons (Fsp3) is 0.571. The van der Waals surface area contributed by atoms with Gasteiger partial charge in [-0.15, -0.1) is 68.0 Å². The smallest absolute Gasteiger partial charge is 0.0449 e. The molecule has 338 valence electrons. The monoisotopic (exact) mass is 942 g/mol. The highest BCUT2D eigenvalue weighted by Crippen LogP contribution is 2.46. The van der Waals surface area contributed by atoms with Gasteiger partial charge in [0.2, 0.25) is 0 Å². The van der Waals surface area contributed by atoms with Crippen molar-refractivity contribution in [1.29, 1.82) is 0 Å². The van der Waals surface area contributed by atoms with Crippen molar-refractivity contribution in [3.8, 4) is 48.8 Å². The number of hydrogen-bond acceptors (Lipinski definition) is 6. The number of rotatable bonds is 33. The molecule has 6 heterocycles. The van der Waals surface area contributed by atoms with Crippen molar-refractivity contribution in [1.82, 2.24) is 0 Å². The lowest BCUT2D eigenvalue weighted by atomic mass is 9.90. The summed E-state index contributed by atoms with van der Waals surface area (Å²) in [5.41, 5.74) is 0. The van der Waals surface area contributed by atoms with Crippen LogP contribution in [0.5, 0.6) is 0 Å². The third kappa shape index (κ3) is 16.3. The predicted octanol–water partition coefficient (Wildman–Crippen LogP) is 22.2.